The molecular formula is C15H12N4S2. The summed E-state index contributed by atoms with van der Waals surface area (Å²) in [6, 6.07) is 10.2. The van der Waals surface area contributed by atoms with Gasteiger partial charge in [-0.25, -0.2) is 9.50 Å². The first-order valence-corrected chi connectivity index (χ1v) is 8.36. The summed E-state index contributed by atoms with van der Waals surface area (Å²) in [5.41, 5.74) is 3.03. The second-order valence-corrected chi connectivity index (χ2v) is 6.39. The van der Waals surface area contributed by atoms with Crippen LogP contribution in [0.2, 0.25) is 0 Å². The number of imidazole rings is 1. The van der Waals surface area contributed by atoms with Crippen LogP contribution in [-0.2, 0) is 6.54 Å². The maximum atomic E-state index is 4.64. The zero-order valence-electron chi connectivity index (χ0n) is 11.1. The Morgan fingerprint density at radius 3 is 2.95 bits per heavy atom. The number of nitrogens with one attached hydrogen (secondary N) is 1. The van der Waals surface area contributed by atoms with Crippen molar-refractivity contribution in [2.75, 3.05) is 5.32 Å². The van der Waals surface area contributed by atoms with Gasteiger partial charge in [-0.2, -0.15) is 11.3 Å². The zero-order chi connectivity index (χ0) is 14.1. The number of hydrogen-bond acceptors (Lipinski definition) is 5. The molecule has 0 radical (unpaired) electrons. The summed E-state index contributed by atoms with van der Waals surface area (Å²) in [7, 11) is 0. The number of aromatic nitrogens is 3. The molecule has 0 spiro atoms. The molecule has 0 atom stereocenters. The van der Waals surface area contributed by atoms with Crippen molar-refractivity contribution in [3.8, 4) is 11.3 Å². The molecule has 6 heteroatoms. The minimum atomic E-state index is 0.790. The lowest BCUT2D eigenvalue weighted by Gasteiger charge is -2.05. The molecule has 0 aliphatic heterocycles. The minimum absolute atomic E-state index is 0.790. The lowest BCUT2D eigenvalue weighted by molar-refractivity contribution is 0.934. The lowest BCUT2D eigenvalue weighted by atomic mass is 10.3. The third-order valence-electron chi connectivity index (χ3n) is 3.20. The highest BCUT2D eigenvalue weighted by atomic mass is 32.1. The molecule has 4 aromatic heterocycles. The van der Waals surface area contributed by atoms with Crippen LogP contribution in [0.25, 0.3) is 16.9 Å². The number of hydrogen-bond donors (Lipinski definition) is 1. The van der Waals surface area contributed by atoms with E-state index in [2.05, 4.69) is 49.7 Å². The minimum Gasteiger partial charge on any atom is -0.364 e. The van der Waals surface area contributed by atoms with Crippen LogP contribution in [0.1, 0.15) is 4.88 Å². The van der Waals surface area contributed by atoms with Crippen molar-refractivity contribution in [1.82, 2.24) is 14.6 Å². The van der Waals surface area contributed by atoms with Gasteiger partial charge in [-0.3, -0.25) is 0 Å². The van der Waals surface area contributed by atoms with Crippen molar-refractivity contribution in [3.05, 3.63) is 57.5 Å². The fourth-order valence-corrected chi connectivity index (χ4v) is 3.46. The summed E-state index contributed by atoms with van der Waals surface area (Å²) in [5, 5.41) is 14.3. The first-order chi connectivity index (χ1) is 10.4. The summed E-state index contributed by atoms with van der Waals surface area (Å²) in [6.07, 6.45) is 1.87. The summed E-state index contributed by atoms with van der Waals surface area (Å²) < 4.78 is 1.89. The smallest absolute Gasteiger partial charge is 0.154 e. The Hall–Kier alpha value is -2.18. The summed E-state index contributed by atoms with van der Waals surface area (Å²) in [6.45, 7) is 0.790. The molecule has 0 aliphatic carbocycles. The molecule has 21 heavy (non-hydrogen) atoms. The van der Waals surface area contributed by atoms with Crippen LogP contribution >= 0.6 is 22.7 Å². The average Bonchev–Trinajstić information content (AvgIpc) is 3.24. The highest BCUT2D eigenvalue weighted by Gasteiger charge is 2.08. The van der Waals surface area contributed by atoms with Gasteiger partial charge >= 0.3 is 0 Å². The van der Waals surface area contributed by atoms with Gasteiger partial charge in [0.05, 0.1) is 18.4 Å². The molecule has 104 valence electrons. The van der Waals surface area contributed by atoms with E-state index >= 15 is 0 Å². The van der Waals surface area contributed by atoms with Crippen molar-refractivity contribution in [3.63, 3.8) is 0 Å². The molecule has 0 bridgehead atoms. The number of fused-ring (bicyclic) bond motifs is 1. The van der Waals surface area contributed by atoms with E-state index in [0.29, 0.717) is 0 Å². The predicted octanol–water partition coefficient (Wildman–Crippen LogP) is 4.13. The van der Waals surface area contributed by atoms with E-state index in [1.54, 1.807) is 22.7 Å². The zero-order valence-corrected chi connectivity index (χ0v) is 12.7. The van der Waals surface area contributed by atoms with Gasteiger partial charge < -0.3 is 5.32 Å². The number of thiophene rings is 2. The SMILES string of the molecule is c1csc(CNc2ccc3ncc(-c4ccsc4)n3n2)c1. The van der Waals surface area contributed by atoms with Crippen molar-refractivity contribution in [2.24, 2.45) is 0 Å². The Morgan fingerprint density at radius 1 is 1.14 bits per heavy atom. The number of rotatable bonds is 4. The second-order valence-electron chi connectivity index (χ2n) is 4.58. The van der Waals surface area contributed by atoms with Crippen molar-refractivity contribution in [1.29, 1.82) is 0 Å². The van der Waals surface area contributed by atoms with Gasteiger partial charge in [0.15, 0.2) is 5.65 Å². The molecule has 4 nitrogen and oxygen atoms in total. The van der Waals surface area contributed by atoms with Crippen LogP contribution in [0.4, 0.5) is 5.82 Å². The molecule has 0 fully saturated rings. The van der Waals surface area contributed by atoms with Crippen LogP contribution in [0, 0.1) is 0 Å². The summed E-state index contributed by atoms with van der Waals surface area (Å²) in [5.74, 6) is 0.852. The van der Waals surface area contributed by atoms with Gasteiger partial charge in [-0.15, -0.1) is 16.4 Å². The van der Waals surface area contributed by atoms with Crippen LogP contribution in [-0.4, -0.2) is 14.6 Å². The number of anilines is 1. The van der Waals surface area contributed by atoms with E-state index in [9.17, 15) is 0 Å². The average molecular weight is 312 g/mol. The molecule has 1 N–H and O–H groups in total. The molecule has 0 aromatic carbocycles. The molecule has 4 rings (SSSR count). The van der Waals surface area contributed by atoms with Crippen molar-refractivity contribution < 1.29 is 0 Å². The van der Waals surface area contributed by atoms with Crippen LogP contribution in [0.15, 0.2) is 52.7 Å². The van der Waals surface area contributed by atoms with Gasteiger partial charge in [0, 0.05) is 15.8 Å². The molecule has 0 amide bonds. The Bertz CT molecular complexity index is 847. The van der Waals surface area contributed by atoms with Gasteiger partial charge in [0.25, 0.3) is 0 Å². The molecule has 4 heterocycles. The van der Waals surface area contributed by atoms with E-state index < -0.39 is 0 Å². The quantitative estimate of drug-likeness (QED) is 0.616. The van der Waals surface area contributed by atoms with E-state index in [1.807, 2.05) is 22.8 Å². The molecule has 0 saturated heterocycles. The maximum Gasteiger partial charge on any atom is 0.154 e. The standard InChI is InChI=1S/C15H12N4S2/c1-2-12(21-6-1)8-16-14-3-4-15-17-9-13(19(15)18-14)11-5-7-20-10-11/h1-7,9-10H,8H2,(H,16,18). The Balaban J connectivity index is 1.67. The second kappa shape index (κ2) is 5.31. The normalized spacial score (nSPS) is 11.0. The number of nitrogens with zero attached hydrogens (tertiary/aromatic N) is 3. The molecule has 4 aromatic rings. The maximum absolute atomic E-state index is 4.64. The van der Waals surface area contributed by atoms with Gasteiger partial charge in [-0.1, -0.05) is 6.07 Å². The predicted molar refractivity (Wildman–Crippen MR) is 87.9 cm³/mol. The van der Waals surface area contributed by atoms with Gasteiger partial charge in [-0.05, 0) is 35.0 Å². The third-order valence-corrected chi connectivity index (χ3v) is 4.76. The monoisotopic (exact) mass is 312 g/mol. The van der Waals surface area contributed by atoms with Crippen LogP contribution in [0.3, 0.4) is 0 Å². The summed E-state index contributed by atoms with van der Waals surface area (Å²) in [4.78, 5) is 5.70. The molecule has 0 saturated carbocycles. The van der Waals surface area contributed by atoms with Gasteiger partial charge in [0.1, 0.15) is 5.82 Å². The Labute approximate surface area is 129 Å². The molecular weight excluding hydrogens is 300 g/mol. The van der Waals surface area contributed by atoms with Gasteiger partial charge in [0.2, 0.25) is 0 Å². The molecule has 0 aliphatic rings. The van der Waals surface area contributed by atoms with Crippen molar-refractivity contribution in [2.45, 2.75) is 6.54 Å². The first-order valence-electron chi connectivity index (χ1n) is 6.54. The lowest BCUT2D eigenvalue weighted by Crippen LogP contribution is -2.03. The fourth-order valence-electron chi connectivity index (χ4n) is 2.17. The van der Waals surface area contributed by atoms with Crippen LogP contribution < -0.4 is 5.32 Å². The highest BCUT2D eigenvalue weighted by Crippen LogP contribution is 2.23. The third kappa shape index (κ3) is 2.43. The Kier molecular flexibility index (Phi) is 3.17. The van der Waals surface area contributed by atoms with E-state index in [1.165, 1.54) is 4.88 Å². The first kappa shape index (κ1) is 12.6. The Morgan fingerprint density at radius 2 is 2.14 bits per heavy atom. The van der Waals surface area contributed by atoms with Crippen LogP contribution in [0.5, 0.6) is 0 Å². The van der Waals surface area contributed by atoms with Crippen molar-refractivity contribution >= 4 is 34.1 Å². The van der Waals surface area contributed by atoms with E-state index in [4.69, 9.17) is 0 Å². The molecule has 0 unspecified atom stereocenters. The summed E-state index contributed by atoms with van der Waals surface area (Å²) >= 11 is 3.42. The topological polar surface area (TPSA) is 42.2 Å². The van der Waals surface area contributed by atoms with E-state index in [0.717, 1.165) is 29.3 Å². The highest BCUT2D eigenvalue weighted by molar-refractivity contribution is 7.09. The fraction of sp³-hybridized carbons (Fsp3) is 0.0667. The largest absolute Gasteiger partial charge is 0.364 e. The van der Waals surface area contributed by atoms with E-state index in [-0.39, 0.29) is 0 Å².